The number of carbonyl (C=O) groups excluding carboxylic acids is 2. The van der Waals surface area contributed by atoms with Crippen LogP contribution in [0, 0.1) is 0 Å². The molecule has 1 aliphatic heterocycles. The molecule has 0 aliphatic carbocycles. The fraction of sp³-hybridized carbons (Fsp3) is 0.263. The summed E-state index contributed by atoms with van der Waals surface area (Å²) in [5, 5.41) is 11.5. The Morgan fingerprint density at radius 1 is 0.733 bits per heavy atom. The largest absolute Gasteiger partial charge is 0.507 e. The zero-order chi connectivity index (χ0) is 31.6. The minimum atomic E-state index is -0.723. The zero-order valence-corrected chi connectivity index (χ0v) is 25.9. The van der Waals surface area contributed by atoms with Crippen molar-refractivity contribution in [3.8, 4) is 11.5 Å². The van der Waals surface area contributed by atoms with Gasteiger partial charge in [-0.2, -0.15) is 0 Å². The molecule has 1 saturated heterocycles. The number of nitrogens with zero attached hydrogens (tertiary/aromatic N) is 2. The van der Waals surface area contributed by atoms with Crippen molar-refractivity contribution in [2.24, 2.45) is 0 Å². The second-order valence-electron chi connectivity index (χ2n) is 11.0. The van der Waals surface area contributed by atoms with Crippen LogP contribution in [0.15, 0.2) is 115 Å². The summed E-state index contributed by atoms with van der Waals surface area (Å²) in [5.74, 6) is -0.187. The highest BCUT2D eigenvalue weighted by atomic mass is 16.5. The second-order valence-corrected chi connectivity index (χ2v) is 11.0. The Morgan fingerprint density at radius 2 is 1.24 bits per heavy atom. The average molecular weight is 605 g/mol. The molecule has 0 aromatic heterocycles. The van der Waals surface area contributed by atoms with Crippen LogP contribution in [0.1, 0.15) is 48.6 Å². The smallest absolute Gasteiger partial charge is 0.295 e. The van der Waals surface area contributed by atoms with Crippen LogP contribution in [-0.4, -0.2) is 52.8 Å². The molecule has 1 heterocycles. The molecule has 4 aromatic carbocycles. The molecule has 5 rings (SSSR count). The van der Waals surface area contributed by atoms with Gasteiger partial charge >= 0.3 is 0 Å². The van der Waals surface area contributed by atoms with Crippen molar-refractivity contribution in [2.75, 3.05) is 26.2 Å². The van der Waals surface area contributed by atoms with E-state index in [-0.39, 0.29) is 11.3 Å². The maximum atomic E-state index is 13.5. The molecule has 45 heavy (non-hydrogen) atoms. The lowest BCUT2D eigenvalue weighted by Gasteiger charge is -2.27. The van der Waals surface area contributed by atoms with E-state index in [0.717, 1.165) is 36.3 Å². The summed E-state index contributed by atoms with van der Waals surface area (Å²) in [6.07, 6.45) is 0.705. The van der Waals surface area contributed by atoms with Crippen LogP contribution in [0.3, 0.4) is 0 Å². The number of likely N-dealkylation sites (tertiary alicyclic amines) is 1. The Hall–Kier alpha value is -4.88. The van der Waals surface area contributed by atoms with Gasteiger partial charge in [0.25, 0.3) is 11.7 Å². The molecular formula is C38H40N2O5. The van der Waals surface area contributed by atoms with Gasteiger partial charge in [-0.1, -0.05) is 86.6 Å². The van der Waals surface area contributed by atoms with Crippen LogP contribution in [0.5, 0.6) is 11.5 Å². The number of hydrogen-bond donors (Lipinski definition) is 1. The van der Waals surface area contributed by atoms with Crippen molar-refractivity contribution in [2.45, 2.75) is 39.5 Å². The number of Topliss-reactive ketones (excluding diaryl/α,β-unsaturated/α-hetero) is 1. The maximum absolute atomic E-state index is 13.5. The molecule has 1 aliphatic rings. The summed E-state index contributed by atoms with van der Waals surface area (Å²) in [4.78, 5) is 30.8. The molecule has 0 saturated carbocycles. The molecule has 0 bridgehead atoms. The minimum Gasteiger partial charge on any atom is -0.507 e. The van der Waals surface area contributed by atoms with Gasteiger partial charge in [0.05, 0.1) is 11.6 Å². The molecule has 0 radical (unpaired) electrons. The maximum Gasteiger partial charge on any atom is 0.295 e. The van der Waals surface area contributed by atoms with Crippen LogP contribution in [0.25, 0.3) is 5.76 Å². The number of ketones is 1. The van der Waals surface area contributed by atoms with E-state index in [1.807, 2.05) is 84.9 Å². The summed E-state index contributed by atoms with van der Waals surface area (Å²) < 4.78 is 11.9. The molecule has 1 atom stereocenters. The van der Waals surface area contributed by atoms with Crippen LogP contribution in [-0.2, 0) is 22.8 Å². The Balaban J connectivity index is 1.40. The molecule has 4 aromatic rings. The molecule has 7 nitrogen and oxygen atoms in total. The number of benzene rings is 4. The van der Waals surface area contributed by atoms with Crippen molar-refractivity contribution in [3.05, 3.63) is 137 Å². The SMILES string of the molecule is CCN(CC)CCCN1C(=O)C(=O)C(=C(O)c2ccc(OCc3ccccc3)cc2)C1c1ccc(OCc2ccccc2)cc1. The van der Waals surface area contributed by atoms with Gasteiger partial charge in [0.1, 0.15) is 30.5 Å². The van der Waals surface area contributed by atoms with E-state index in [4.69, 9.17) is 9.47 Å². The van der Waals surface area contributed by atoms with E-state index in [1.54, 1.807) is 29.2 Å². The summed E-state index contributed by atoms with van der Waals surface area (Å²) >= 11 is 0. The average Bonchev–Trinajstić information content (AvgIpc) is 3.34. The Labute approximate surface area is 265 Å². The van der Waals surface area contributed by atoms with E-state index in [1.165, 1.54) is 0 Å². The van der Waals surface area contributed by atoms with Crippen LogP contribution >= 0.6 is 0 Å². The molecule has 1 N–H and O–H groups in total. The number of carbonyl (C=O) groups is 2. The highest BCUT2D eigenvalue weighted by Gasteiger charge is 2.45. The predicted molar refractivity (Wildman–Crippen MR) is 176 cm³/mol. The molecule has 7 heteroatoms. The number of ether oxygens (including phenoxy) is 2. The minimum absolute atomic E-state index is 0.0822. The third-order valence-electron chi connectivity index (χ3n) is 8.13. The number of aliphatic hydroxyl groups is 1. The number of rotatable bonds is 14. The lowest BCUT2D eigenvalue weighted by atomic mass is 9.95. The summed E-state index contributed by atoms with van der Waals surface area (Å²) in [7, 11) is 0. The van der Waals surface area contributed by atoms with Crippen molar-refractivity contribution < 1.29 is 24.2 Å². The highest BCUT2D eigenvalue weighted by molar-refractivity contribution is 6.46. The number of aliphatic hydroxyl groups excluding tert-OH is 1. The third kappa shape index (κ3) is 7.80. The van der Waals surface area contributed by atoms with Gasteiger partial charge < -0.3 is 24.4 Å². The lowest BCUT2D eigenvalue weighted by molar-refractivity contribution is -0.140. The van der Waals surface area contributed by atoms with Gasteiger partial charge in [-0.3, -0.25) is 9.59 Å². The quantitative estimate of drug-likeness (QED) is 0.0949. The Morgan fingerprint density at radius 3 is 1.76 bits per heavy atom. The third-order valence-corrected chi connectivity index (χ3v) is 8.13. The highest BCUT2D eigenvalue weighted by Crippen LogP contribution is 2.40. The lowest BCUT2D eigenvalue weighted by Crippen LogP contribution is -2.33. The topological polar surface area (TPSA) is 79.3 Å². The molecule has 0 spiro atoms. The number of hydrogen-bond acceptors (Lipinski definition) is 6. The summed E-state index contributed by atoms with van der Waals surface area (Å²) in [6, 6.07) is 33.4. The monoisotopic (exact) mass is 604 g/mol. The first kappa shape index (κ1) is 31.5. The predicted octanol–water partition coefficient (Wildman–Crippen LogP) is 7.00. The second kappa shape index (κ2) is 15.2. The van der Waals surface area contributed by atoms with Crippen LogP contribution < -0.4 is 9.47 Å². The standard InChI is InChI=1S/C38H40N2O5/c1-3-39(4-2)24-11-25-40-35(30-16-20-32(21-17-30)44-26-28-12-7-5-8-13-28)34(37(42)38(40)43)36(41)31-18-22-33(23-19-31)45-27-29-14-9-6-10-15-29/h5-10,12-23,35,41H,3-4,11,24-27H2,1-2H3. The van der Waals surface area contributed by atoms with Crippen molar-refractivity contribution in [1.29, 1.82) is 0 Å². The van der Waals surface area contributed by atoms with Gasteiger partial charge in [0.2, 0.25) is 0 Å². The van der Waals surface area contributed by atoms with Crippen molar-refractivity contribution in [3.63, 3.8) is 0 Å². The normalized spacial score (nSPS) is 15.9. The van der Waals surface area contributed by atoms with Gasteiger partial charge in [-0.25, -0.2) is 0 Å². The van der Waals surface area contributed by atoms with E-state index < -0.39 is 17.7 Å². The van der Waals surface area contributed by atoms with E-state index >= 15 is 0 Å². The summed E-state index contributed by atoms with van der Waals surface area (Å²) in [5.41, 5.74) is 3.35. The van der Waals surface area contributed by atoms with Gasteiger partial charge in [0.15, 0.2) is 0 Å². The van der Waals surface area contributed by atoms with Crippen molar-refractivity contribution in [1.82, 2.24) is 9.80 Å². The van der Waals surface area contributed by atoms with Crippen molar-refractivity contribution >= 4 is 17.4 Å². The fourth-order valence-electron chi connectivity index (χ4n) is 5.55. The molecule has 1 unspecified atom stereocenters. The molecule has 232 valence electrons. The fourth-order valence-corrected chi connectivity index (χ4v) is 5.55. The summed E-state index contributed by atoms with van der Waals surface area (Å²) in [6.45, 7) is 8.07. The van der Waals surface area contributed by atoms with Gasteiger partial charge in [0, 0.05) is 12.1 Å². The van der Waals surface area contributed by atoms with E-state index in [0.29, 0.717) is 43.2 Å². The first-order valence-corrected chi connectivity index (χ1v) is 15.5. The van der Waals surface area contributed by atoms with Gasteiger partial charge in [-0.05, 0) is 79.1 Å². The van der Waals surface area contributed by atoms with E-state index in [9.17, 15) is 14.7 Å². The van der Waals surface area contributed by atoms with Crippen LogP contribution in [0.4, 0.5) is 0 Å². The first-order chi connectivity index (χ1) is 22.0. The van der Waals surface area contributed by atoms with Crippen LogP contribution in [0.2, 0.25) is 0 Å². The Bertz CT molecular complexity index is 1580. The molecule has 1 amide bonds. The molecular weight excluding hydrogens is 564 g/mol. The molecule has 1 fully saturated rings. The van der Waals surface area contributed by atoms with Gasteiger partial charge in [-0.15, -0.1) is 0 Å². The zero-order valence-electron chi connectivity index (χ0n) is 25.9. The van der Waals surface area contributed by atoms with E-state index in [2.05, 4.69) is 18.7 Å². The Kier molecular flexibility index (Phi) is 10.7. The number of amides is 1. The first-order valence-electron chi connectivity index (χ1n) is 15.5.